The third-order valence-corrected chi connectivity index (χ3v) is 7.72. The van der Waals surface area contributed by atoms with Crippen molar-refractivity contribution in [2.75, 3.05) is 11.5 Å². The number of fused-ring (bicyclic) bond motifs is 1. The summed E-state index contributed by atoms with van der Waals surface area (Å²) in [5.41, 5.74) is 3.93. The number of carbonyl (C=O) groups is 1. The number of carbonyl (C=O) groups excluding carboxylic acids is 1. The van der Waals surface area contributed by atoms with Gasteiger partial charge in [-0.05, 0) is 12.1 Å². The van der Waals surface area contributed by atoms with Crippen LogP contribution in [0.1, 0.15) is 10.4 Å². The summed E-state index contributed by atoms with van der Waals surface area (Å²) < 4.78 is 2.24. The number of rotatable bonds is 2. The SMILES string of the molecule is O=C(NN=C1CSc2sc(=O)sc2SC1)c1cccnc1. The molecule has 108 valence electrons. The summed E-state index contributed by atoms with van der Waals surface area (Å²) >= 11 is 5.76. The topological polar surface area (TPSA) is 71.4 Å². The lowest BCUT2D eigenvalue weighted by Crippen LogP contribution is -2.21. The Morgan fingerprint density at radius 3 is 2.57 bits per heavy atom. The zero-order valence-corrected chi connectivity index (χ0v) is 13.8. The first-order valence-electron chi connectivity index (χ1n) is 5.88. The van der Waals surface area contributed by atoms with E-state index >= 15 is 0 Å². The zero-order chi connectivity index (χ0) is 14.7. The minimum absolute atomic E-state index is 0.130. The molecule has 0 unspecified atom stereocenters. The Bertz CT molecular complexity index is 708. The van der Waals surface area contributed by atoms with Gasteiger partial charge in [0.2, 0.25) is 0 Å². The monoisotopic (exact) mass is 355 g/mol. The van der Waals surface area contributed by atoms with Crippen LogP contribution in [0.4, 0.5) is 0 Å². The van der Waals surface area contributed by atoms with Crippen LogP contribution in [0.5, 0.6) is 0 Å². The van der Waals surface area contributed by atoms with Crippen molar-refractivity contribution in [2.45, 2.75) is 8.42 Å². The molecule has 0 bridgehead atoms. The van der Waals surface area contributed by atoms with E-state index in [9.17, 15) is 9.59 Å². The van der Waals surface area contributed by atoms with Gasteiger partial charge in [-0.3, -0.25) is 14.6 Å². The predicted molar refractivity (Wildman–Crippen MR) is 89.1 cm³/mol. The van der Waals surface area contributed by atoms with Crippen molar-refractivity contribution in [2.24, 2.45) is 5.10 Å². The van der Waals surface area contributed by atoms with Gasteiger partial charge in [-0.1, -0.05) is 22.7 Å². The van der Waals surface area contributed by atoms with E-state index in [4.69, 9.17) is 0 Å². The highest BCUT2D eigenvalue weighted by atomic mass is 32.2. The molecule has 0 spiro atoms. The van der Waals surface area contributed by atoms with Crippen LogP contribution in [-0.4, -0.2) is 28.1 Å². The third kappa shape index (κ3) is 3.73. The van der Waals surface area contributed by atoms with E-state index in [2.05, 4.69) is 15.5 Å². The fourth-order valence-electron chi connectivity index (χ4n) is 1.53. The quantitative estimate of drug-likeness (QED) is 0.838. The molecule has 1 aliphatic rings. The van der Waals surface area contributed by atoms with Crippen molar-refractivity contribution in [3.05, 3.63) is 38.9 Å². The van der Waals surface area contributed by atoms with Gasteiger partial charge in [0.1, 0.15) is 0 Å². The highest BCUT2D eigenvalue weighted by Gasteiger charge is 2.17. The second kappa shape index (κ2) is 6.73. The Balaban J connectivity index is 1.64. The van der Waals surface area contributed by atoms with Gasteiger partial charge in [0.15, 0.2) is 0 Å². The third-order valence-electron chi connectivity index (χ3n) is 2.50. The number of aromatic nitrogens is 1. The van der Waals surface area contributed by atoms with E-state index in [0.29, 0.717) is 17.1 Å². The van der Waals surface area contributed by atoms with Crippen LogP contribution in [0.3, 0.4) is 0 Å². The molecule has 3 rings (SSSR count). The van der Waals surface area contributed by atoms with Crippen molar-refractivity contribution in [1.82, 2.24) is 10.4 Å². The van der Waals surface area contributed by atoms with Crippen LogP contribution in [0.25, 0.3) is 0 Å². The maximum Gasteiger partial charge on any atom is 0.289 e. The molecule has 1 N–H and O–H groups in total. The molecule has 0 fully saturated rings. The molecule has 0 saturated carbocycles. The van der Waals surface area contributed by atoms with Crippen LogP contribution in [0.2, 0.25) is 0 Å². The Morgan fingerprint density at radius 2 is 1.95 bits per heavy atom. The minimum Gasteiger partial charge on any atom is -0.267 e. The van der Waals surface area contributed by atoms with Gasteiger partial charge in [-0.2, -0.15) is 5.10 Å². The second-order valence-corrected chi connectivity index (χ2v) is 8.68. The van der Waals surface area contributed by atoms with E-state index in [1.165, 1.54) is 28.9 Å². The van der Waals surface area contributed by atoms with Gasteiger partial charge >= 0.3 is 0 Å². The molecule has 3 heterocycles. The highest BCUT2D eigenvalue weighted by Crippen LogP contribution is 2.39. The Kier molecular flexibility index (Phi) is 4.73. The zero-order valence-electron chi connectivity index (χ0n) is 10.6. The molecule has 21 heavy (non-hydrogen) atoms. The molecular formula is C12H9N3O2S4. The largest absolute Gasteiger partial charge is 0.289 e. The number of hydrazone groups is 1. The molecule has 1 aliphatic heterocycles. The lowest BCUT2D eigenvalue weighted by Gasteiger charge is -2.02. The predicted octanol–water partition coefficient (Wildman–Crippen LogP) is 2.55. The average molecular weight is 355 g/mol. The first-order chi connectivity index (χ1) is 10.2. The Morgan fingerprint density at radius 1 is 1.24 bits per heavy atom. The van der Waals surface area contributed by atoms with Crippen molar-refractivity contribution in [3.63, 3.8) is 0 Å². The number of amides is 1. The van der Waals surface area contributed by atoms with Gasteiger partial charge in [0.05, 0.1) is 19.7 Å². The van der Waals surface area contributed by atoms with Crippen LogP contribution >= 0.6 is 46.2 Å². The van der Waals surface area contributed by atoms with Crippen LogP contribution in [0, 0.1) is 0 Å². The average Bonchev–Trinajstić information content (AvgIpc) is 2.76. The number of hydrogen-bond acceptors (Lipinski definition) is 8. The molecule has 0 aliphatic carbocycles. The van der Waals surface area contributed by atoms with E-state index < -0.39 is 0 Å². The van der Waals surface area contributed by atoms with Gasteiger partial charge in [0, 0.05) is 23.9 Å². The molecule has 9 heteroatoms. The minimum atomic E-state index is -0.269. The number of pyridine rings is 1. The van der Waals surface area contributed by atoms with Crippen LogP contribution < -0.4 is 9.48 Å². The van der Waals surface area contributed by atoms with Crippen LogP contribution in [0.15, 0.2) is 42.8 Å². The number of hydrogen-bond donors (Lipinski definition) is 1. The van der Waals surface area contributed by atoms with Crippen molar-refractivity contribution in [3.8, 4) is 0 Å². The normalized spacial score (nSPS) is 14.2. The van der Waals surface area contributed by atoms with Crippen molar-refractivity contribution in [1.29, 1.82) is 0 Å². The van der Waals surface area contributed by atoms with Crippen molar-refractivity contribution < 1.29 is 4.79 Å². The second-order valence-electron chi connectivity index (χ2n) is 3.97. The molecule has 5 nitrogen and oxygen atoms in total. The van der Waals surface area contributed by atoms with Gasteiger partial charge in [0.25, 0.3) is 9.96 Å². The summed E-state index contributed by atoms with van der Waals surface area (Å²) in [6.45, 7) is 0. The van der Waals surface area contributed by atoms with E-state index in [0.717, 1.165) is 14.1 Å². The first kappa shape index (κ1) is 14.8. The van der Waals surface area contributed by atoms with E-state index in [1.54, 1.807) is 41.9 Å². The number of nitrogens with one attached hydrogen (secondary N) is 1. The summed E-state index contributed by atoms with van der Waals surface area (Å²) in [6, 6.07) is 3.40. The molecule has 0 saturated heterocycles. The molecule has 0 aromatic carbocycles. The summed E-state index contributed by atoms with van der Waals surface area (Å²) in [7, 11) is 0. The molecule has 0 radical (unpaired) electrons. The lowest BCUT2D eigenvalue weighted by atomic mass is 10.3. The highest BCUT2D eigenvalue weighted by molar-refractivity contribution is 8.06. The lowest BCUT2D eigenvalue weighted by molar-refractivity contribution is 0.0954. The number of thioether (sulfide) groups is 2. The van der Waals surface area contributed by atoms with Gasteiger partial charge in [-0.15, -0.1) is 23.5 Å². The maximum absolute atomic E-state index is 11.9. The molecule has 2 aromatic heterocycles. The van der Waals surface area contributed by atoms with E-state index in [-0.39, 0.29) is 9.96 Å². The number of nitrogens with zero attached hydrogens (tertiary/aromatic N) is 2. The maximum atomic E-state index is 11.9. The molecule has 0 atom stereocenters. The fourth-order valence-corrected chi connectivity index (χ4v) is 6.76. The Labute approximate surface area is 136 Å². The summed E-state index contributed by atoms with van der Waals surface area (Å²) in [5, 5.41) is 4.18. The van der Waals surface area contributed by atoms with Gasteiger partial charge in [-0.25, -0.2) is 5.43 Å². The summed E-state index contributed by atoms with van der Waals surface area (Å²) in [5.74, 6) is 1.09. The van der Waals surface area contributed by atoms with Crippen molar-refractivity contribution >= 4 is 57.8 Å². The summed E-state index contributed by atoms with van der Waals surface area (Å²) in [4.78, 5) is 27.1. The Hall–Kier alpha value is -1.16. The van der Waals surface area contributed by atoms with Gasteiger partial charge < -0.3 is 0 Å². The fraction of sp³-hybridized carbons (Fsp3) is 0.167. The smallest absolute Gasteiger partial charge is 0.267 e. The molecule has 2 aromatic rings. The van der Waals surface area contributed by atoms with Crippen LogP contribution in [-0.2, 0) is 0 Å². The molecular weight excluding hydrogens is 346 g/mol. The van der Waals surface area contributed by atoms with E-state index in [1.807, 2.05) is 0 Å². The standard InChI is InChI=1S/C12H9N3O2S4/c16-9(7-2-1-3-13-4-7)15-14-8-5-18-10-11(19-6-8)21-12(17)20-10/h1-4H,5-6H2,(H,15,16). The molecule has 1 amide bonds. The summed E-state index contributed by atoms with van der Waals surface area (Å²) in [6.07, 6.45) is 3.12. The first-order valence-corrected chi connectivity index (χ1v) is 9.48.